The van der Waals surface area contributed by atoms with Crippen molar-refractivity contribution in [3.05, 3.63) is 47.5 Å². The third kappa shape index (κ3) is 4.66. The van der Waals surface area contributed by atoms with Crippen molar-refractivity contribution < 1.29 is 9.53 Å². The minimum atomic E-state index is 0.145. The molecule has 0 aromatic heterocycles. The zero-order valence-corrected chi connectivity index (χ0v) is 13.7. The Kier molecular flexibility index (Phi) is 5.83. The average Bonchev–Trinajstić information content (AvgIpc) is 2.62. The third-order valence-corrected chi connectivity index (χ3v) is 4.71. The number of morpholine rings is 1. The molecule has 1 fully saturated rings. The lowest BCUT2D eigenvalue weighted by Gasteiger charge is -2.27. The van der Waals surface area contributed by atoms with E-state index in [1.165, 1.54) is 11.1 Å². The number of amides is 1. The first kappa shape index (κ1) is 16.2. The normalized spacial score (nSPS) is 22.0. The van der Waals surface area contributed by atoms with E-state index in [1.807, 2.05) is 6.07 Å². The van der Waals surface area contributed by atoms with Gasteiger partial charge in [-0.2, -0.15) is 0 Å². The fraction of sp³-hybridized carbons (Fsp3) is 0.526. The maximum atomic E-state index is 12.3. The van der Waals surface area contributed by atoms with Gasteiger partial charge in [0.05, 0.1) is 13.2 Å². The standard InChI is InChI=1S/C19H26N2O2/c22-19(16-6-2-1-3-7-16)20-14-17-8-4-5-9-18(17)15-21-10-12-23-13-11-21/h1-2,4-5,8-9,16H,3,6-7,10-15H2,(H,20,22). The Bertz CT molecular complexity index is 550. The molecule has 1 aliphatic carbocycles. The first-order valence-electron chi connectivity index (χ1n) is 8.62. The number of hydrogen-bond acceptors (Lipinski definition) is 3. The van der Waals surface area contributed by atoms with Gasteiger partial charge < -0.3 is 10.1 Å². The summed E-state index contributed by atoms with van der Waals surface area (Å²) in [6.07, 6.45) is 7.16. The highest BCUT2D eigenvalue weighted by atomic mass is 16.5. The molecule has 23 heavy (non-hydrogen) atoms. The molecule has 0 saturated carbocycles. The SMILES string of the molecule is O=C(NCc1ccccc1CN1CCOCC1)C1CC=CCC1. The van der Waals surface area contributed by atoms with Crippen molar-refractivity contribution in [2.45, 2.75) is 32.4 Å². The van der Waals surface area contributed by atoms with E-state index < -0.39 is 0 Å². The van der Waals surface area contributed by atoms with Crippen molar-refractivity contribution >= 4 is 5.91 Å². The van der Waals surface area contributed by atoms with E-state index in [0.717, 1.165) is 52.1 Å². The van der Waals surface area contributed by atoms with Crippen molar-refractivity contribution in [3.8, 4) is 0 Å². The Hall–Kier alpha value is -1.65. The van der Waals surface area contributed by atoms with Gasteiger partial charge in [0.15, 0.2) is 0 Å². The molecule has 0 bridgehead atoms. The van der Waals surface area contributed by atoms with Gasteiger partial charge in [-0.15, -0.1) is 0 Å². The highest BCUT2D eigenvalue weighted by Crippen LogP contribution is 2.19. The van der Waals surface area contributed by atoms with Gasteiger partial charge in [0, 0.05) is 32.1 Å². The van der Waals surface area contributed by atoms with Crippen LogP contribution in [0, 0.1) is 5.92 Å². The van der Waals surface area contributed by atoms with Gasteiger partial charge >= 0.3 is 0 Å². The first-order chi connectivity index (χ1) is 11.3. The zero-order valence-electron chi connectivity index (χ0n) is 13.7. The lowest BCUT2D eigenvalue weighted by atomic mass is 9.93. The molecular weight excluding hydrogens is 288 g/mol. The second-order valence-corrected chi connectivity index (χ2v) is 6.36. The van der Waals surface area contributed by atoms with Crippen LogP contribution in [0.15, 0.2) is 36.4 Å². The molecule has 124 valence electrons. The van der Waals surface area contributed by atoms with Crippen molar-refractivity contribution in [1.29, 1.82) is 0 Å². The molecule has 2 aliphatic rings. The number of rotatable bonds is 5. The van der Waals surface area contributed by atoms with Crippen LogP contribution in [-0.2, 0) is 22.6 Å². The second kappa shape index (κ2) is 8.27. The summed E-state index contributed by atoms with van der Waals surface area (Å²) in [7, 11) is 0. The van der Waals surface area contributed by atoms with Gasteiger partial charge in [-0.3, -0.25) is 9.69 Å². The van der Waals surface area contributed by atoms with E-state index >= 15 is 0 Å². The second-order valence-electron chi connectivity index (χ2n) is 6.36. The van der Waals surface area contributed by atoms with Crippen LogP contribution in [0.1, 0.15) is 30.4 Å². The number of carbonyl (C=O) groups excluding carboxylic acids is 1. The molecule has 3 rings (SSSR count). The number of carbonyl (C=O) groups is 1. The van der Waals surface area contributed by atoms with Crippen LogP contribution in [0.2, 0.25) is 0 Å². The number of nitrogens with one attached hydrogen (secondary N) is 1. The predicted molar refractivity (Wildman–Crippen MR) is 90.9 cm³/mol. The monoisotopic (exact) mass is 314 g/mol. The quantitative estimate of drug-likeness (QED) is 0.849. The molecule has 1 saturated heterocycles. The predicted octanol–water partition coefficient (Wildman–Crippen LogP) is 2.49. The first-order valence-corrected chi connectivity index (χ1v) is 8.62. The van der Waals surface area contributed by atoms with Crippen LogP contribution in [0.5, 0.6) is 0 Å². The van der Waals surface area contributed by atoms with Crippen molar-refractivity contribution in [1.82, 2.24) is 10.2 Å². The van der Waals surface area contributed by atoms with Crippen LogP contribution in [0.4, 0.5) is 0 Å². The molecule has 0 radical (unpaired) electrons. The smallest absolute Gasteiger partial charge is 0.223 e. The summed E-state index contributed by atoms with van der Waals surface area (Å²) < 4.78 is 5.41. The van der Waals surface area contributed by atoms with Crippen molar-refractivity contribution in [3.63, 3.8) is 0 Å². The molecular formula is C19H26N2O2. The van der Waals surface area contributed by atoms with E-state index in [4.69, 9.17) is 4.74 Å². The highest BCUT2D eigenvalue weighted by molar-refractivity contribution is 5.79. The van der Waals surface area contributed by atoms with Crippen LogP contribution in [0.25, 0.3) is 0 Å². The zero-order chi connectivity index (χ0) is 15.9. The Morgan fingerprint density at radius 3 is 2.70 bits per heavy atom. The lowest BCUT2D eigenvalue weighted by molar-refractivity contribution is -0.125. The molecule has 1 aliphatic heterocycles. The Morgan fingerprint density at radius 2 is 1.96 bits per heavy atom. The van der Waals surface area contributed by atoms with Crippen LogP contribution in [-0.4, -0.2) is 37.1 Å². The summed E-state index contributed by atoms with van der Waals surface area (Å²) in [5, 5.41) is 3.13. The van der Waals surface area contributed by atoms with E-state index in [1.54, 1.807) is 0 Å². The fourth-order valence-electron chi connectivity index (χ4n) is 3.24. The maximum absolute atomic E-state index is 12.3. The number of hydrogen-bond donors (Lipinski definition) is 1. The van der Waals surface area contributed by atoms with Gasteiger partial charge in [0.25, 0.3) is 0 Å². The lowest BCUT2D eigenvalue weighted by Crippen LogP contribution is -2.36. The van der Waals surface area contributed by atoms with Crippen LogP contribution in [0.3, 0.4) is 0 Å². The van der Waals surface area contributed by atoms with E-state index in [9.17, 15) is 4.79 Å². The largest absolute Gasteiger partial charge is 0.379 e. The Labute approximate surface area is 138 Å². The number of allylic oxidation sites excluding steroid dienone is 2. The van der Waals surface area contributed by atoms with Crippen molar-refractivity contribution in [2.24, 2.45) is 5.92 Å². The molecule has 1 aromatic rings. The van der Waals surface area contributed by atoms with Gasteiger partial charge in [-0.05, 0) is 30.4 Å². The number of ether oxygens (including phenoxy) is 1. The molecule has 4 nitrogen and oxygen atoms in total. The van der Waals surface area contributed by atoms with E-state index in [2.05, 4.69) is 40.6 Å². The maximum Gasteiger partial charge on any atom is 0.223 e. The topological polar surface area (TPSA) is 41.6 Å². The molecule has 1 atom stereocenters. The Morgan fingerprint density at radius 1 is 1.17 bits per heavy atom. The third-order valence-electron chi connectivity index (χ3n) is 4.71. The number of benzene rings is 1. The molecule has 1 N–H and O–H groups in total. The molecule has 1 unspecified atom stereocenters. The summed E-state index contributed by atoms with van der Waals surface area (Å²) in [5.74, 6) is 0.335. The van der Waals surface area contributed by atoms with Gasteiger partial charge in [0.2, 0.25) is 5.91 Å². The summed E-state index contributed by atoms with van der Waals surface area (Å²) >= 11 is 0. The summed E-state index contributed by atoms with van der Waals surface area (Å²) in [4.78, 5) is 14.7. The highest BCUT2D eigenvalue weighted by Gasteiger charge is 2.19. The summed E-state index contributed by atoms with van der Waals surface area (Å²) in [6, 6.07) is 8.41. The average molecular weight is 314 g/mol. The molecule has 1 amide bonds. The van der Waals surface area contributed by atoms with Crippen molar-refractivity contribution in [2.75, 3.05) is 26.3 Å². The molecule has 1 aromatic carbocycles. The van der Waals surface area contributed by atoms with Crippen LogP contribution < -0.4 is 5.32 Å². The minimum absolute atomic E-state index is 0.145. The fourth-order valence-corrected chi connectivity index (χ4v) is 3.24. The summed E-state index contributed by atoms with van der Waals surface area (Å²) in [6.45, 7) is 5.15. The van der Waals surface area contributed by atoms with E-state index in [-0.39, 0.29) is 11.8 Å². The Balaban J connectivity index is 1.56. The number of nitrogens with zero attached hydrogens (tertiary/aromatic N) is 1. The van der Waals surface area contributed by atoms with Gasteiger partial charge in [-0.1, -0.05) is 36.4 Å². The molecule has 0 spiro atoms. The van der Waals surface area contributed by atoms with Gasteiger partial charge in [0.1, 0.15) is 0 Å². The van der Waals surface area contributed by atoms with E-state index in [0.29, 0.717) is 6.54 Å². The van der Waals surface area contributed by atoms with Gasteiger partial charge in [-0.25, -0.2) is 0 Å². The summed E-state index contributed by atoms with van der Waals surface area (Å²) in [5.41, 5.74) is 2.52. The van der Waals surface area contributed by atoms with Crippen LogP contribution >= 0.6 is 0 Å². The molecule has 4 heteroatoms. The molecule has 1 heterocycles. The minimum Gasteiger partial charge on any atom is -0.379 e.